The van der Waals surface area contributed by atoms with E-state index in [1.165, 1.54) is 11.1 Å². The summed E-state index contributed by atoms with van der Waals surface area (Å²) in [5.74, 6) is -0.285. The molecule has 4 rings (SSSR count). The molecule has 2 heterocycles. The average molecular weight is 382 g/mol. The molecule has 0 aliphatic heterocycles. The zero-order valence-corrected chi connectivity index (χ0v) is 15.7. The van der Waals surface area contributed by atoms with Gasteiger partial charge in [-0.15, -0.1) is 0 Å². The lowest BCUT2D eigenvalue weighted by atomic mass is 9.88. The summed E-state index contributed by atoms with van der Waals surface area (Å²) in [6.45, 7) is 0. The van der Waals surface area contributed by atoms with Gasteiger partial charge in [0.05, 0.1) is 12.4 Å². The quantitative estimate of drug-likeness (QED) is 0.589. The van der Waals surface area contributed by atoms with Gasteiger partial charge in [0, 0.05) is 36.7 Å². The first-order chi connectivity index (χ1) is 13.1. The summed E-state index contributed by atoms with van der Waals surface area (Å²) in [4.78, 5) is 19.3. The fourth-order valence-corrected chi connectivity index (χ4v) is 3.91. The SMILES string of the molecule is N[C@@H](Cc1cnc[nH]1)C(=O)Nn1ccn([C@H]2CCc3ccccc3C2)c1=S. The standard InChI is InChI=1S/C19H22N6OS/c20-17(10-15-11-21-12-22-15)18(26)23-25-8-7-24(19(25)27)16-6-5-13-3-1-2-4-14(13)9-16/h1-4,7-8,11-12,16-17H,5-6,9-10,20H2,(H,21,22)(H,23,26)/t16-,17-/m0/s1. The predicted molar refractivity (Wildman–Crippen MR) is 105 cm³/mol. The van der Waals surface area contributed by atoms with E-state index in [0.29, 0.717) is 17.2 Å². The summed E-state index contributed by atoms with van der Waals surface area (Å²) in [6, 6.07) is 8.15. The largest absolute Gasteiger partial charge is 0.348 e. The van der Waals surface area contributed by atoms with Gasteiger partial charge in [-0.25, -0.2) is 9.66 Å². The number of aromatic nitrogens is 4. The van der Waals surface area contributed by atoms with E-state index in [-0.39, 0.29) is 5.91 Å². The van der Waals surface area contributed by atoms with Crippen molar-refractivity contribution in [1.82, 2.24) is 19.2 Å². The molecule has 8 heteroatoms. The van der Waals surface area contributed by atoms with E-state index in [4.69, 9.17) is 18.0 Å². The molecule has 0 fully saturated rings. The van der Waals surface area contributed by atoms with Crippen molar-refractivity contribution in [3.05, 3.63) is 70.8 Å². The van der Waals surface area contributed by atoms with Crippen molar-refractivity contribution in [3.63, 3.8) is 0 Å². The van der Waals surface area contributed by atoms with Gasteiger partial charge in [0.15, 0.2) is 4.77 Å². The van der Waals surface area contributed by atoms with Crippen LogP contribution in [0.2, 0.25) is 0 Å². The van der Waals surface area contributed by atoms with Crippen molar-refractivity contribution in [2.75, 3.05) is 5.43 Å². The van der Waals surface area contributed by atoms with Gasteiger partial charge >= 0.3 is 0 Å². The Balaban J connectivity index is 1.45. The van der Waals surface area contributed by atoms with E-state index < -0.39 is 6.04 Å². The molecule has 4 N–H and O–H groups in total. The lowest BCUT2D eigenvalue weighted by molar-refractivity contribution is -0.118. The third-order valence-corrected chi connectivity index (χ3v) is 5.49. The van der Waals surface area contributed by atoms with Gasteiger partial charge in [-0.3, -0.25) is 10.2 Å². The van der Waals surface area contributed by atoms with E-state index in [9.17, 15) is 4.79 Å². The zero-order chi connectivity index (χ0) is 18.8. The fourth-order valence-electron chi connectivity index (χ4n) is 3.60. The number of nitrogens with one attached hydrogen (secondary N) is 2. The van der Waals surface area contributed by atoms with Crippen LogP contribution >= 0.6 is 12.2 Å². The Kier molecular flexibility index (Phi) is 4.91. The number of nitrogens with two attached hydrogens (primary N) is 1. The van der Waals surface area contributed by atoms with Crippen LogP contribution in [0, 0.1) is 4.77 Å². The molecule has 3 aromatic rings. The third-order valence-electron chi connectivity index (χ3n) is 5.08. The normalized spacial score (nSPS) is 17.3. The zero-order valence-electron chi connectivity index (χ0n) is 14.8. The number of carbonyl (C=O) groups excluding carboxylic acids is 1. The van der Waals surface area contributed by atoms with Crippen LogP contribution in [-0.2, 0) is 24.1 Å². The summed E-state index contributed by atoms with van der Waals surface area (Å²) in [5, 5.41) is 0. The first-order valence-electron chi connectivity index (χ1n) is 9.02. The number of aromatic amines is 1. The predicted octanol–water partition coefficient (Wildman–Crippen LogP) is 2.11. The highest BCUT2D eigenvalue weighted by atomic mass is 32.1. The van der Waals surface area contributed by atoms with Gasteiger partial charge in [-0.1, -0.05) is 24.3 Å². The molecule has 0 radical (unpaired) electrons. The van der Waals surface area contributed by atoms with E-state index in [2.05, 4.69) is 44.2 Å². The molecule has 1 amide bonds. The van der Waals surface area contributed by atoms with Gasteiger partial charge in [-0.2, -0.15) is 0 Å². The lowest BCUT2D eigenvalue weighted by Gasteiger charge is -2.25. The molecule has 2 aromatic heterocycles. The van der Waals surface area contributed by atoms with Crippen LogP contribution in [0.25, 0.3) is 0 Å². The summed E-state index contributed by atoms with van der Waals surface area (Å²) < 4.78 is 4.21. The number of hydrogen-bond acceptors (Lipinski definition) is 4. The number of hydrogen-bond donors (Lipinski definition) is 3. The van der Waals surface area contributed by atoms with Crippen LogP contribution in [0.3, 0.4) is 0 Å². The molecule has 7 nitrogen and oxygen atoms in total. The van der Waals surface area contributed by atoms with Crippen molar-refractivity contribution in [2.45, 2.75) is 37.8 Å². The number of benzene rings is 1. The van der Waals surface area contributed by atoms with Gasteiger partial charge in [0.2, 0.25) is 0 Å². The fraction of sp³-hybridized carbons (Fsp3) is 0.316. The van der Waals surface area contributed by atoms with Gasteiger partial charge < -0.3 is 15.3 Å². The Morgan fingerprint density at radius 2 is 2.19 bits per heavy atom. The van der Waals surface area contributed by atoms with Crippen molar-refractivity contribution in [2.24, 2.45) is 5.73 Å². The molecule has 0 bridgehead atoms. The van der Waals surface area contributed by atoms with E-state index in [0.717, 1.165) is 25.0 Å². The first-order valence-corrected chi connectivity index (χ1v) is 9.42. The number of aryl methyl sites for hydroxylation is 1. The maximum Gasteiger partial charge on any atom is 0.256 e. The Morgan fingerprint density at radius 1 is 1.37 bits per heavy atom. The molecule has 2 atom stereocenters. The van der Waals surface area contributed by atoms with Crippen molar-refractivity contribution < 1.29 is 4.79 Å². The van der Waals surface area contributed by atoms with Crippen LogP contribution in [0.15, 0.2) is 49.2 Å². The van der Waals surface area contributed by atoms with Crippen LogP contribution < -0.4 is 11.2 Å². The van der Waals surface area contributed by atoms with Crippen LogP contribution in [0.1, 0.15) is 29.3 Å². The minimum absolute atomic E-state index is 0.285. The topological polar surface area (TPSA) is 93.7 Å². The maximum absolute atomic E-state index is 12.4. The molecule has 0 saturated heterocycles. The molecule has 0 unspecified atom stereocenters. The number of rotatable bonds is 5. The number of amides is 1. The number of nitrogens with zero attached hydrogens (tertiary/aromatic N) is 3. The monoisotopic (exact) mass is 382 g/mol. The van der Waals surface area contributed by atoms with Gasteiger partial charge in [0.25, 0.3) is 5.91 Å². The molecule has 0 saturated carbocycles. The molecular weight excluding hydrogens is 360 g/mol. The third kappa shape index (κ3) is 3.72. The summed E-state index contributed by atoms with van der Waals surface area (Å²) in [7, 11) is 0. The molecule has 0 spiro atoms. The Labute approximate surface area is 162 Å². The summed E-state index contributed by atoms with van der Waals surface area (Å²) in [5.41, 5.74) is 12.4. The van der Waals surface area contributed by atoms with Gasteiger partial charge in [0.1, 0.15) is 0 Å². The molecule has 1 aliphatic rings. The summed E-state index contributed by atoms with van der Waals surface area (Å²) in [6.07, 6.45) is 10.3. The maximum atomic E-state index is 12.4. The molecule has 1 aliphatic carbocycles. The average Bonchev–Trinajstić information content (AvgIpc) is 3.31. The lowest BCUT2D eigenvalue weighted by Crippen LogP contribution is -2.40. The van der Waals surface area contributed by atoms with E-state index in [1.54, 1.807) is 23.4 Å². The van der Waals surface area contributed by atoms with Crippen LogP contribution in [0.5, 0.6) is 0 Å². The second-order valence-corrected chi connectivity index (χ2v) is 7.25. The Hall–Kier alpha value is -2.71. The van der Waals surface area contributed by atoms with Gasteiger partial charge in [-0.05, 0) is 42.6 Å². The van der Waals surface area contributed by atoms with Crippen molar-refractivity contribution in [3.8, 4) is 0 Å². The van der Waals surface area contributed by atoms with E-state index in [1.807, 2.05) is 6.20 Å². The Morgan fingerprint density at radius 3 is 2.96 bits per heavy atom. The number of carbonyl (C=O) groups is 1. The van der Waals surface area contributed by atoms with Crippen LogP contribution in [0.4, 0.5) is 0 Å². The number of imidazole rings is 2. The van der Waals surface area contributed by atoms with Crippen molar-refractivity contribution >= 4 is 18.1 Å². The smallest absolute Gasteiger partial charge is 0.256 e. The minimum atomic E-state index is -0.683. The highest BCUT2D eigenvalue weighted by Crippen LogP contribution is 2.29. The highest BCUT2D eigenvalue weighted by molar-refractivity contribution is 7.71. The second-order valence-electron chi connectivity index (χ2n) is 6.89. The minimum Gasteiger partial charge on any atom is -0.348 e. The summed E-state index contributed by atoms with van der Waals surface area (Å²) >= 11 is 5.58. The first kappa shape index (κ1) is 17.7. The molecule has 27 heavy (non-hydrogen) atoms. The van der Waals surface area contributed by atoms with Crippen molar-refractivity contribution in [1.29, 1.82) is 0 Å². The number of fused-ring (bicyclic) bond motifs is 1. The molecular formula is C19H22N6OS. The van der Waals surface area contributed by atoms with E-state index >= 15 is 0 Å². The highest BCUT2D eigenvalue weighted by Gasteiger charge is 2.21. The van der Waals surface area contributed by atoms with Crippen LogP contribution in [-0.4, -0.2) is 31.2 Å². The second kappa shape index (κ2) is 7.50. The Bertz CT molecular complexity index is 990. The molecule has 1 aromatic carbocycles. The molecule has 140 valence electrons. The number of H-pyrrole nitrogens is 1.